The second kappa shape index (κ2) is 5.65. The average Bonchev–Trinajstić information content (AvgIpc) is 2.36. The summed E-state index contributed by atoms with van der Waals surface area (Å²) in [5.41, 5.74) is 0.255. The Bertz CT molecular complexity index is 683. The van der Waals surface area contributed by atoms with Gasteiger partial charge in [-0.25, -0.2) is 4.79 Å². The van der Waals surface area contributed by atoms with Crippen molar-refractivity contribution in [1.29, 1.82) is 0 Å². The van der Waals surface area contributed by atoms with Gasteiger partial charge in [-0.1, -0.05) is 29.8 Å². The lowest BCUT2D eigenvalue weighted by Crippen LogP contribution is -2.17. The summed E-state index contributed by atoms with van der Waals surface area (Å²) in [7, 11) is 0. The summed E-state index contributed by atoms with van der Waals surface area (Å²) in [4.78, 5) is 11.2. The van der Waals surface area contributed by atoms with Crippen molar-refractivity contribution in [2.75, 3.05) is 0 Å². The summed E-state index contributed by atoms with van der Waals surface area (Å²) >= 11 is 5.97. The lowest BCUT2D eigenvalue weighted by atomic mass is 9.99. The van der Waals surface area contributed by atoms with E-state index in [0.717, 1.165) is 12.1 Å². The number of alkyl halides is 3. The van der Waals surface area contributed by atoms with Gasteiger partial charge in [0, 0.05) is 10.6 Å². The molecule has 7 heteroatoms. The van der Waals surface area contributed by atoms with Crippen LogP contribution < -0.4 is 4.74 Å². The number of carboxylic acids is 1. The third-order valence-electron chi connectivity index (χ3n) is 2.60. The lowest BCUT2D eigenvalue weighted by Gasteiger charge is -2.12. The van der Waals surface area contributed by atoms with E-state index in [-0.39, 0.29) is 21.7 Å². The highest BCUT2D eigenvalue weighted by atomic mass is 35.5. The van der Waals surface area contributed by atoms with E-state index >= 15 is 0 Å². The van der Waals surface area contributed by atoms with Crippen molar-refractivity contribution in [2.24, 2.45) is 0 Å². The Labute approximate surface area is 122 Å². The van der Waals surface area contributed by atoms with E-state index < -0.39 is 18.1 Å². The topological polar surface area (TPSA) is 46.5 Å². The molecule has 0 atom stereocenters. The Morgan fingerprint density at radius 2 is 1.81 bits per heavy atom. The summed E-state index contributed by atoms with van der Waals surface area (Å²) in [6, 6.07) is 9.21. The summed E-state index contributed by atoms with van der Waals surface area (Å²) in [5.74, 6) is -1.68. The zero-order valence-corrected chi connectivity index (χ0v) is 11.1. The molecule has 0 spiro atoms. The van der Waals surface area contributed by atoms with Crippen LogP contribution in [0, 0.1) is 0 Å². The van der Waals surface area contributed by atoms with Gasteiger partial charge in [-0.2, -0.15) is 0 Å². The molecule has 3 nitrogen and oxygen atoms in total. The molecule has 0 amide bonds. The smallest absolute Gasteiger partial charge is 0.478 e. The van der Waals surface area contributed by atoms with Crippen molar-refractivity contribution in [3.8, 4) is 16.9 Å². The largest absolute Gasteiger partial charge is 0.573 e. The summed E-state index contributed by atoms with van der Waals surface area (Å²) in [5, 5.41) is 9.26. The SMILES string of the molecule is O=C(O)c1cccc(Cl)c1-c1cccc(OC(F)(F)F)c1. The van der Waals surface area contributed by atoms with Crippen LogP contribution in [0.15, 0.2) is 42.5 Å². The van der Waals surface area contributed by atoms with Crippen LogP contribution in [0.1, 0.15) is 10.4 Å². The molecule has 0 saturated carbocycles. The van der Waals surface area contributed by atoms with E-state index in [1.165, 1.54) is 30.3 Å². The number of hydrogen-bond donors (Lipinski definition) is 1. The zero-order chi connectivity index (χ0) is 15.6. The van der Waals surface area contributed by atoms with Crippen LogP contribution in [0.4, 0.5) is 13.2 Å². The van der Waals surface area contributed by atoms with Crippen LogP contribution in [-0.2, 0) is 0 Å². The molecule has 0 saturated heterocycles. The molecule has 0 aliphatic carbocycles. The molecule has 1 N–H and O–H groups in total. The standard InChI is InChI=1S/C14H8ClF3O3/c15-11-6-2-5-10(13(19)20)12(11)8-3-1-4-9(7-8)21-14(16,17)18/h1-7H,(H,19,20). The van der Waals surface area contributed by atoms with Crippen molar-refractivity contribution >= 4 is 17.6 Å². The molecule has 0 aliphatic rings. The highest BCUT2D eigenvalue weighted by Gasteiger charge is 2.31. The lowest BCUT2D eigenvalue weighted by molar-refractivity contribution is -0.274. The van der Waals surface area contributed by atoms with Gasteiger partial charge < -0.3 is 9.84 Å². The van der Waals surface area contributed by atoms with Gasteiger partial charge in [-0.05, 0) is 29.8 Å². The molecular formula is C14H8ClF3O3. The molecule has 0 unspecified atom stereocenters. The summed E-state index contributed by atoms with van der Waals surface area (Å²) < 4.78 is 40.5. The predicted octanol–water partition coefficient (Wildman–Crippen LogP) is 4.60. The quantitative estimate of drug-likeness (QED) is 0.900. The number of hydrogen-bond acceptors (Lipinski definition) is 2. The number of halogens is 4. The first-order valence-electron chi connectivity index (χ1n) is 5.66. The fourth-order valence-electron chi connectivity index (χ4n) is 1.84. The van der Waals surface area contributed by atoms with E-state index in [1.807, 2.05) is 0 Å². The van der Waals surface area contributed by atoms with Crippen molar-refractivity contribution in [3.05, 3.63) is 53.1 Å². The highest BCUT2D eigenvalue weighted by molar-refractivity contribution is 6.34. The van der Waals surface area contributed by atoms with Gasteiger partial charge in [0.1, 0.15) is 5.75 Å². The van der Waals surface area contributed by atoms with Crippen LogP contribution in [0.25, 0.3) is 11.1 Å². The number of ether oxygens (including phenoxy) is 1. The normalized spacial score (nSPS) is 11.2. The first-order chi connectivity index (χ1) is 9.78. The fourth-order valence-corrected chi connectivity index (χ4v) is 2.13. The van der Waals surface area contributed by atoms with Crippen LogP contribution in [0.3, 0.4) is 0 Å². The van der Waals surface area contributed by atoms with Crippen LogP contribution in [0.2, 0.25) is 5.02 Å². The van der Waals surface area contributed by atoms with Crippen molar-refractivity contribution < 1.29 is 27.8 Å². The molecule has 2 aromatic carbocycles. The van der Waals surface area contributed by atoms with E-state index in [1.54, 1.807) is 0 Å². The summed E-state index contributed by atoms with van der Waals surface area (Å²) in [6.45, 7) is 0. The maximum absolute atomic E-state index is 12.2. The van der Waals surface area contributed by atoms with E-state index in [4.69, 9.17) is 16.7 Å². The second-order valence-corrected chi connectivity index (χ2v) is 4.45. The molecule has 110 valence electrons. The number of rotatable bonds is 3. The maximum atomic E-state index is 12.2. The Kier molecular flexibility index (Phi) is 4.09. The van der Waals surface area contributed by atoms with Gasteiger partial charge in [-0.15, -0.1) is 13.2 Å². The number of benzene rings is 2. The minimum atomic E-state index is -4.82. The van der Waals surface area contributed by atoms with Crippen LogP contribution in [0.5, 0.6) is 5.75 Å². The fraction of sp³-hybridized carbons (Fsp3) is 0.0714. The minimum absolute atomic E-state index is 0.105. The van der Waals surface area contributed by atoms with Gasteiger partial charge in [0.15, 0.2) is 0 Å². The molecule has 21 heavy (non-hydrogen) atoms. The second-order valence-electron chi connectivity index (χ2n) is 4.04. The van der Waals surface area contributed by atoms with Crippen molar-refractivity contribution in [3.63, 3.8) is 0 Å². The monoisotopic (exact) mass is 316 g/mol. The van der Waals surface area contributed by atoms with Gasteiger partial charge in [0.2, 0.25) is 0 Å². The molecular weight excluding hydrogens is 309 g/mol. The Balaban J connectivity index is 2.53. The number of carbonyl (C=O) groups is 1. The Morgan fingerprint density at radius 3 is 2.43 bits per heavy atom. The van der Waals surface area contributed by atoms with Gasteiger partial charge in [0.25, 0.3) is 0 Å². The highest BCUT2D eigenvalue weighted by Crippen LogP contribution is 2.34. The molecule has 0 aliphatic heterocycles. The third kappa shape index (κ3) is 3.66. The van der Waals surface area contributed by atoms with E-state index in [9.17, 15) is 18.0 Å². The molecule has 0 fully saturated rings. The number of carboxylic acid groups (broad SMARTS) is 1. The molecule has 0 heterocycles. The van der Waals surface area contributed by atoms with E-state index in [0.29, 0.717) is 0 Å². The van der Waals surface area contributed by atoms with Crippen molar-refractivity contribution in [2.45, 2.75) is 6.36 Å². The van der Waals surface area contributed by atoms with Crippen LogP contribution >= 0.6 is 11.6 Å². The molecule has 0 aromatic heterocycles. The summed E-state index contributed by atoms with van der Waals surface area (Å²) in [6.07, 6.45) is -4.82. The van der Waals surface area contributed by atoms with Gasteiger partial charge in [0.05, 0.1) is 5.56 Å². The Hall–Kier alpha value is -2.21. The third-order valence-corrected chi connectivity index (χ3v) is 2.92. The Morgan fingerprint density at radius 1 is 1.14 bits per heavy atom. The minimum Gasteiger partial charge on any atom is -0.478 e. The number of aromatic carboxylic acids is 1. The predicted molar refractivity (Wildman–Crippen MR) is 70.5 cm³/mol. The van der Waals surface area contributed by atoms with Crippen LogP contribution in [-0.4, -0.2) is 17.4 Å². The van der Waals surface area contributed by atoms with Gasteiger partial charge in [-0.3, -0.25) is 0 Å². The zero-order valence-electron chi connectivity index (χ0n) is 10.3. The molecule has 2 aromatic rings. The van der Waals surface area contributed by atoms with Crippen molar-refractivity contribution in [1.82, 2.24) is 0 Å². The van der Waals surface area contributed by atoms with Gasteiger partial charge >= 0.3 is 12.3 Å². The first kappa shape index (κ1) is 15.2. The molecule has 0 bridgehead atoms. The average molecular weight is 317 g/mol. The van der Waals surface area contributed by atoms with E-state index in [2.05, 4.69) is 4.74 Å². The molecule has 0 radical (unpaired) electrons. The first-order valence-corrected chi connectivity index (χ1v) is 6.04. The molecule has 2 rings (SSSR count). The maximum Gasteiger partial charge on any atom is 0.573 e.